The van der Waals surface area contributed by atoms with Crippen LogP contribution in [0.1, 0.15) is 51.3 Å². The van der Waals surface area contributed by atoms with Crippen LogP contribution >= 0.6 is 0 Å². The Labute approximate surface area is 146 Å². The van der Waals surface area contributed by atoms with Gasteiger partial charge >= 0.3 is 0 Å². The Hall–Kier alpha value is -1.55. The Kier molecular flexibility index (Phi) is 5.92. The van der Waals surface area contributed by atoms with E-state index < -0.39 is 0 Å². The number of ether oxygens (including phenoxy) is 2. The van der Waals surface area contributed by atoms with Gasteiger partial charge in [-0.1, -0.05) is 21.3 Å². The highest BCUT2D eigenvalue weighted by molar-refractivity contribution is 5.83. The third-order valence-electron chi connectivity index (χ3n) is 5.17. The summed E-state index contributed by atoms with van der Waals surface area (Å²) in [5.74, 6) is 2.72. The summed E-state index contributed by atoms with van der Waals surface area (Å²) in [7, 11) is 3.33. The predicted octanol–water partition coefficient (Wildman–Crippen LogP) is 3.87. The quantitative estimate of drug-likeness (QED) is 0.838. The second-order valence-corrected chi connectivity index (χ2v) is 7.16. The highest BCUT2D eigenvalue weighted by Gasteiger charge is 2.38. The van der Waals surface area contributed by atoms with Gasteiger partial charge in [0.25, 0.3) is 0 Å². The Balaban J connectivity index is 0.00000208. The van der Waals surface area contributed by atoms with Crippen molar-refractivity contribution >= 4 is 5.78 Å². The van der Waals surface area contributed by atoms with E-state index in [9.17, 15) is 4.79 Å². The summed E-state index contributed by atoms with van der Waals surface area (Å²) < 4.78 is 10.9. The van der Waals surface area contributed by atoms with Crippen molar-refractivity contribution in [3.63, 3.8) is 0 Å². The maximum absolute atomic E-state index is 12.6. The maximum atomic E-state index is 12.6. The van der Waals surface area contributed by atoms with Crippen LogP contribution in [0.3, 0.4) is 0 Å². The van der Waals surface area contributed by atoms with E-state index in [2.05, 4.69) is 30.9 Å². The van der Waals surface area contributed by atoms with E-state index in [0.29, 0.717) is 18.1 Å². The van der Waals surface area contributed by atoms with E-state index in [4.69, 9.17) is 9.47 Å². The van der Waals surface area contributed by atoms with Crippen molar-refractivity contribution in [2.24, 2.45) is 11.8 Å². The molecule has 4 nitrogen and oxygen atoms in total. The van der Waals surface area contributed by atoms with Crippen LogP contribution in [-0.4, -0.2) is 38.0 Å². The molecule has 24 heavy (non-hydrogen) atoms. The lowest BCUT2D eigenvalue weighted by Crippen LogP contribution is -2.46. The van der Waals surface area contributed by atoms with E-state index in [1.807, 2.05) is 0 Å². The largest absolute Gasteiger partial charge is 0.493 e. The molecular formula is C20H31NO3. The number of ketones is 1. The number of hydrogen-bond acceptors (Lipinski definition) is 4. The van der Waals surface area contributed by atoms with Gasteiger partial charge < -0.3 is 9.47 Å². The van der Waals surface area contributed by atoms with E-state index >= 15 is 0 Å². The standard InChI is InChI=1S/C19H27NO3.CH4/c1-12(2)7-14-11-20-6-5-13-8-18(22-3)19(23-4)9-15(13)16(20)10-17(14)21;/h8-9,12,14,16H,5-7,10-11H2,1-4H3;1H4/t14-,16-;/m0./s1. The third-order valence-corrected chi connectivity index (χ3v) is 5.17. The Morgan fingerprint density at radius 3 is 2.50 bits per heavy atom. The summed E-state index contributed by atoms with van der Waals surface area (Å²) in [4.78, 5) is 15.1. The van der Waals surface area contributed by atoms with Gasteiger partial charge in [0.15, 0.2) is 11.5 Å². The summed E-state index contributed by atoms with van der Waals surface area (Å²) in [6.45, 7) is 6.31. The fourth-order valence-electron chi connectivity index (χ4n) is 4.05. The van der Waals surface area contributed by atoms with Crippen molar-refractivity contribution < 1.29 is 14.3 Å². The SMILES string of the molecule is C.COc1cc2c(cc1OC)[C@@H]1CC(=O)[C@@H](CC(C)C)CN1CC2. The molecular weight excluding hydrogens is 302 g/mol. The molecule has 1 saturated heterocycles. The summed E-state index contributed by atoms with van der Waals surface area (Å²) in [6, 6.07) is 4.35. The van der Waals surface area contributed by atoms with Crippen LogP contribution < -0.4 is 9.47 Å². The van der Waals surface area contributed by atoms with Gasteiger partial charge in [-0.3, -0.25) is 9.69 Å². The van der Waals surface area contributed by atoms with Gasteiger partial charge in [0, 0.05) is 31.5 Å². The van der Waals surface area contributed by atoms with Crippen molar-refractivity contribution in [2.75, 3.05) is 27.3 Å². The van der Waals surface area contributed by atoms with Gasteiger partial charge in [-0.25, -0.2) is 0 Å². The maximum Gasteiger partial charge on any atom is 0.161 e. The highest BCUT2D eigenvalue weighted by atomic mass is 16.5. The van der Waals surface area contributed by atoms with Gasteiger partial charge in [-0.15, -0.1) is 0 Å². The lowest BCUT2D eigenvalue weighted by Gasteiger charge is -2.43. The van der Waals surface area contributed by atoms with Crippen LogP contribution in [-0.2, 0) is 11.2 Å². The number of fused-ring (bicyclic) bond motifs is 3. The minimum atomic E-state index is 0. The first kappa shape index (κ1) is 18.8. The van der Waals surface area contributed by atoms with Crippen molar-refractivity contribution in [2.45, 2.75) is 46.6 Å². The van der Waals surface area contributed by atoms with Crippen LogP contribution in [0.4, 0.5) is 0 Å². The molecule has 2 atom stereocenters. The molecule has 0 spiro atoms. The molecule has 0 saturated carbocycles. The average Bonchev–Trinajstić information content (AvgIpc) is 2.53. The van der Waals surface area contributed by atoms with Crippen LogP contribution in [0.2, 0.25) is 0 Å². The van der Waals surface area contributed by atoms with Crippen molar-refractivity contribution in [3.05, 3.63) is 23.3 Å². The molecule has 3 rings (SSSR count). The zero-order valence-corrected chi connectivity index (χ0v) is 14.6. The lowest BCUT2D eigenvalue weighted by atomic mass is 9.80. The average molecular weight is 333 g/mol. The van der Waals surface area contributed by atoms with Crippen LogP contribution in [0, 0.1) is 11.8 Å². The second kappa shape index (κ2) is 7.56. The number of rotatable bonds is 4. The van der Waals surface area contributed by atoms with Gasteiger partial charge in [0.1, 0.15) is 5.78 Å². The van der Waals surface area contributed by atoms with Crippen LogP contribution in [0.15, 0.2) is 12.1 Å². The van der Waals surface area contributed by atoms with Crippen molar-refractivity contribution in [1.29, 1.82) is 0 Å². The highest BCUT2D eigenvalue weighted by Crippen LogP contribution is 2.42. The Morgan fingerprint density at radius 2 is 1.88 bits per heavy atom. The molecule has 0 N–H and O–H groups in total. The molecule has 0 aromatic heterocycles. The number of methoxy groups -OCH3 is 2. The molecule has 0 radical (unpaired) electrons. The zero-order valence-electron chi connectivity index (χ0n) is 14.6. The van der Waals surface area contributed by atoms with Gasteiger partial charge in [-0.05, 0) is 42.0 Å². The summed E-state index contributed by atoms with van der Waals surface area (Å²) in [5, 5.41) is 0. The molecule has 4 heteroatoms. The summed E-state index contributed by atoms with van der Waals surface area (Å²) in [5.41, 5.74) is 2.53. The fraction of sp³-hybridized carbons (Fsp3) is 0.650. The third kappa shape index (κ3) is 3.44. The van der Waals surface area contributed by atoms with Crippen molar-refractivity contribution in [3.8, 4) is 11.5 Å². The lowest BCUT2D eigenvalue weighted by molar-refractivity contribution is -0.129. The van der Waals surface area contributed by atoms with E-state index in [1.54, 1.807) is 14.2 Å². The first-order valence-electron chi connectivity index (χ1n) is 8.55. The van der Waals surface area contributed by atoms with Crippen LogP contribution in [0.25, 0.3) is 0 Å². The van der Waals surface area contributed by atoms with E-state index in [0.717, 1.165) is 37.4 Å². The van der Waals surface area contributed by atoms with Crippen LogP contribution in [0.5, 0.6) is 11.5 Å². The molecule has 0 amide bonds. The Morgan fingerprint density at radius 1 is 1.21 bits per heavy atom. The number of benzene rings is 1. The molecule has 134 valence electrons. The number of piperidine rings is 1. The monoisotopic (exact) mass is 333 g/mol. The minimum absolute atomic E-state index is 0. The molecule has 0 aliphatic carbocycles. The molecule has 1 aromatic rings. The molecule has 1 fully saturated rings. The first-order chi connectivity index (χ1) is 11.0. The van der Waals surface area contributed by atoms with E-state index in [1.165, 1.54) is 11.1 Å². The topological polar surface area (TPSA) is 38.8 Å². The number of Topliss-reactive ketones (excluding diaryl/α,β-unsaturated/α-hetero) is 1. The number of hydrogen-bond donors (Lipinski definition) is 0. The minimum Gasteiger partial charge on any atom is -0.493 e. The zero-order chi connectivity index (χ0) is 16.6. The molecule has 1 aromatic carbocycles. The number of carbonyl (C=O) groups excluding carboxylic acids is 1. The summed E-state index contributed by atoms with van der Waals surface area (Å²) >= 11 is 0. The molecule has 2 heterocycles. The van der Waals surface area contributed by atoms with Gasteiger partial charge in [0.05, 0.1) is 14.2 Å². The summed E-state index contributed by atoms with van der Waals surface area (Å²) in [6.07, 6.45) is 2.63. The fourth-order valence-corrected chi connectivity index (χ4v) is 4.05. The molecule has 2 aliphatic heterocycles. The smallest absolute Gasteiger partial charge is 0.161 e. The van der Waals surface area contributed by atoms with E-state index in [-0.39, 0.29) is 19.4 Å². The predicted molar refractivity (Wildman–Crippen MR) is 96.9 cm³/mol. The second-order valence-electron chi connectivity index (χ2n) is 7.16. The number of carbonyl (C=O) groups is 1. The molecule has 2 aliphatic rings. The van der Waals surface area contributed by atoms with Gasteiger partial charge in [-0.2, -0.15) is 0 Å². The Bertz CT molecular complexity index is 597. The van der Waals surface area contributed by atoms with Gasteiger partial charge in [0.2, 0.25) is 0 Å². The molecule has 0 unspecified atom stereocenters. The molecule has 0 bridgehead atoms. The number of nitrogens with zero attached hydrogens (tertiary/aromatic N) is 1. The normalized spacial score (nSPS) is 23.3. The first-order valence-corrected chi connectivity index (χ1v) is 8.55. The van der Waals surface area contributed by atoms with Crippen molar-refractivity contribution in [1.82, 2.24) is 4.90 Å².